The van der Waals surface area contributed by atoms with Crippen molar-refractivity contribution < 1.29 is 14.3 Å². The molecule has 2 rings (SSSR count). The first kappa shape index (κ1) is 18.9. The molecule has 1 fully saturated rings. The van der Waals surface area contributed by atoms with Crippen molar-refractivity contribution in [1.29, 1.82) is 0 Å². The van der Waals surface area contributed by atoms with Gasteiger partial charge in [-0.1, -0.05) is 0 Å². The molecule has 1 heterocycles. The van der Waals surface area contributed by atoms with Gasteiger partial charge in [0.2, 0.25) is 0 Å². The van der Waals surface area contributed by atoms with Crippen LogP contribution in [0.5, 0.6) is 11.5 Å². The van der Waals surface area contributed by atoms with E-state index in [1.165, 1.54) is 0 Å². The lowest BCUT2D eigenvalue weighted by Crippen LogP contribution is -2.48. The average molecular weight is 353 g/mol. The molecule has 0 spiro atoms. The zero-order valence-corrected chi connectivity index (χ0v) is 15.7. The first-order chi connectivity index (χ1) is 11.6. The van der Waals surface area contributed by atoms with Crippen LogP contribution in [0.1, 0.15) is 13.3 Å². The van der Waals surface area contributed by atoms with Crippen molar-refractivity contribution >= 4 is 17.7 Å². The fraction of sp³-hybridized carbons (Fsp3) is 0.611. The predicted octanol–water partition coefficient (Wildman–Crippen LogP) is 2.36. The summed E-state index contributed by atoms with van der Waals surface area (Å²) in [5.74, 6) is 3.69. The molecule has 5 nitrogen and oxygen atoms in total. The summed E-state index contributed by atoms with van der Waals surface area (Å²) >= 11 is 1.93. The van der Waals surface area contributed by atoms with Gasteiger partial charge in [-0.05, 0) is 57.5 Å². The van der Waals surface area contributed by atoms with Crippen LogP contribution in [0.3, 0.4) is 0 Å². The summed E-state index contributed by atoms with van der Waals surface area (Å²) in [6.45, 7) is 4.38. The quantitative estimate of drug-likeness (QED) is 0.754. The van der Waals surface area contributed by atoms with Gasteiger partial charge < -0.3 is 19.3 Å². The molecule has 1 amide bonds. The summed E-state index contributed by atoms with van der Waals surface area (Å²) in [5.41, 5.74) is 0. The smallest absolute Gasteiger partial charge is 0.260 e. The van der Waals surface area contributed by atoms with Crippen LogP contribution in [-0.4, -0.2) is 73.7 Å². The number of nitrogens with zero attached hydrogens (tertiary/aromatic N) is 2. The number of amides is 1. The van der Waals surface area contributed by atoms with Gasteiger partial charge in [-0.25, -0.2) is 0 Å². The molecule has 6 heteroatoms. The van der Waals surface area contributed by atoms with Gasteiger partial charge in [0.25, 0.3) is 5.91 Å². The Morgan fingerprint density at radius 3 is 2.54 bits per heavy atom. The van der Waals surface area contributed by atoms with Crippen LogP contribution in [0.2, 0.25) is 0 Å². The Bertz CT molecular complexity index is 507. The van der Waals surface area contributed by atoms with Crippen LogP contribution in [0, 0.1) is 0 Å². The Morgan fingerprint density at radius 1 is 1.25 bits per heavy atom. The number of benzene rings is 1. The summed E-state index contributed by atoms with van der Waals surface area (Å²) in [7, 11) is 4.10. The molecule has 0 radical (unpaired) electrons. The highest BCUT2D eigenvalue weighted by atomic mass is 32.2. The molecule has 1 aromatic rings. The van der Waals surface area contributed by atoms with E-state index in [2.05, 4.69) is 19.0 Å². The van der Waals surface area contributed by atoms with E-state index in [9.17, 15) is 4.79 Å². The van der Waals surface area contributed by atoms with E-state index in [4.69, 9.17) is 9.47 Å². The van der Waals surface area contributed by atoms with Crippen molar-refractivity contribution in [3.05, 3.63) is 24.3 Å². The van der Waals surface area contributed by atoms with Crippen molar-refractivity contribution in [3.63, 3.8) is 0 Å². The Kier molecular flexibility index (Phi) is 7.72. The summed E-state index contributed by atoms with van der Waals surface area (Å²) in [6, 6.07) is 7.66. The molecular weight excluding hydrogens is 324 g/mol. The van der Waals surface area contributed by atoms with Crippen LogP contribution >= 0.6 is 11.8 Å². The number of rotatable bonds is 7. The topological polar surface area (TPSA) is 42.0 Å². The van der Waals surface area contributed by atoms with Gasteiger partial charge in [0, 0.05) is 18.8 Å². The molecular formula is C18H28N2O3S. The molecule has 1 aromatic carbocycles. The highest BCUT2D eigenvalue weighted by molar-refractivity contribution is 7.99. The third kappa shape index (κ3) is 5.91. The number of hydrogen-bond donors (Lipinski definition) is 0. The highest BCUT2D eigenvalue weighted by Gasteiger charge is 2.26. The maximum atomic E-state index is 12.6. The summed E-state index contributed by atoms with van der Waals surface area (Å²) in [5, 5.41) is 0. The van der Waals surface area contributed by atoms with Gasteiger partial charge in [0.1, 0.15) is 11.5 Å². The molecule has 1 aliphatic heterocycles. The zero-order valence-electron chi connectivity index (χ0n) is 14.9. The molecule has 1 aliphatic rings. The summed E-state index contributed by atoms with van der Waals surface area (Å²) in [6.07, 6.45) is 1.05. The second-order valence-electron chi connectivity index (χ2n) is 6.12. The third-order valence-corrected chi connectivity index (χ3v) is 5.03. The summed E-state index contributed by atoms with van der Waals surface area (Å²) in [4.78, 5) is 16.8. The predicted molar refractivity (Wildman–Crippen MR) is 99.1 cm³/mol. The van der Waals surface area contributed by atoms with Gasteiger partial charge in [-0.2, -0.15) is 11.8 Å². The minimum absolute atomic E-state index is 0.0678. The number of carbonyl (C=O) groups excluding carboxylic acids is 1. The highest BCUT2D eigenvalue weighted by Crippen LogP contribution is 2.19. The number of likely N-dealkylation sites (N-methyl/N-ethyl adjacent to an activating group) is 1. The molecule has 24 heavy (non-hydrogen) atoms. The monoisotopic (exact) mass is 352 g/mol. The van der Waals surface area contributed by atoms with E-state index >= 15 is 0 Å². The number of thioether (sulfide) groups is 1. The van der Waals surface area contributed by atoms with Crippen molar-refractivity contribution in [1.82, 2.24) is 9.80 Å². The molecule has 0 aliphatic carbocycles. The van der Waals surface area contributed by atoms with E-state index in [1.54, 1.807) is 0 Å². The SMILES string of the molecule is CCOc1ccc(OCC(=O)N2CCCSCC2CN(C)C)cc1. The van der Waals surface area contributed by atoms with E-state index in [0.29, 0.717) is 12.4 Å². The van der Waals surface area contributed by atoms with Crippen molar-refractivity contribution in [2.45, 2.75) is 19.4 Å². The van der Waals surface area contributed by atoms with E-state index in [0.717, 1.165) is 36.8 Å². The molecule has 1 unspecified atom stereocenters. The Morgan fingerprint density at radius 2 is 1.92 bits per heavy atom. The fourth-order valence-corrected chi connectivity index (χ4v) is 3.81. The molecule has 1 atom stereocenters. The van der Waals surface area contributed by atoms with Crippen LogP contribution < -0.4 is 9.47 Å². The first-order valence-electron chi connectivity index (χ1n) is 8.47. The Labute approximate surface area is 149 Å². The second kappa shape index (κ2) is 9.79. The van der Waals surface area contributed by atoms with Crippen molar-refractivity contribution in [3.8, 4) is 11.5 Å². The standard InChI is InChI=1S/C18H28N2O3S/c1-4-22-16-6-8-17(9-7-16)23-13-18(21)20-10-5-11-24-14-15(20)12-19(2)3/h6-9,15H,4-5,10-14H2,1-3H3. The molecule has 0 aromatic heterocycles. The average Bonchev–Trinajstić information content (AvgIpc) is 2.79. The normalized spacial score (nSPS) is 18.3. The van der Waals surface area contributed by atoms with Crippen molar-refractivity contribution in [2.24, 2.45) is 0 Å². The van der Waals surface area contributed by atoms with Crippen LogP contribution in [0.25, 0.3) is 0 Å². The number of ether oxygens (including phenoxy) is 2. The summed E-state index contributed by atoms with van der Waals surface area (Å²) < 4.78 is 11.1. The first-order valence-corrected chi connectivity index (χ1v) is 9.63. The fourth-order valence-electron chi connectivity index (χ4n) is 2.76. The lowest BCUT2D eigenvalue weighted by Gasteiger charge is -2.31. The molecule has 0 N–H and O–H groups in total. The maximum absolute atomic E-state index is 12.6. The lowest BCUT2D eigenvalue weighted by molar-refractivity contribution is -0.135. The number of hydrogen-bond acceptors (Lipinski definition) is 5. The van der Waals surface area contributed by atoms with Crippen LogP contribution in [0.15, 0.2) is 24.3 Å². The van der Waals surface area contributed by atoms with Crippen molar-refractivity contribution in [2.75, 3.05) is 51.9 Å². The molecule has 134 valence electrons. The van der Waals surface area contributed by atoms with E-state index in [-0.39, 0.29) is 18.6 Å². The minimum atomic E-state index is 0.0678. The van der Waals surface area contributed by atoms with Gasteiger partial charge in [-0.3, -0.25) is 4.79 Å². The largest absolute Gasteiger partial charge is 0.494 e. The third-order valence-electron chi connectivity index (χ3n) is 3.83. The van der Waals surface area contributed by atoms with E-state index < -0.39 is 0 Å². The molecule has 1 saturated heterocycles. The van der Waals surface area contributed by atoms with Crippen LogP contribution in [0.4, 0.5) is 0 Å². The Balaban J connectivity index is 1.91. The van der Waals surface area contributed by atoms with Gasteiger partial charge >= 0.3 is 0 Å². The van der Waals surface area contributed by atoms with Gasteiger partial charge in [-0.15, -0.1) is 0 Å². The molecule has 0 bridgehead atoms. The lowest BCUT2D eigenvalue weighted by atomic mass is 10.2. The second-order valence-corrected chi connectivity index (χ2v) is 7.27. The van der Waals surface area contributed by atoms with Gasteiger partial charge in [0.05, 0.1) is 12.6 Å². The molecule has 0 saturated carbocycles. The Hall–Kier alpha value is -1.40. The number of carbonyl (C=O) groups is 1. The van der Waals surface area contributed by atoms with Gasteiger partial charge in [0.15, 0.2) is 6.61 Å². The van der Waals surface area contributed by atoms with Crippen LogP contribution in [-0.2, 0) is 4.79 Å². The zero-order chi connectivity index (χ0) is 17.4. The van der Waals surface area contributed by atoms with E-state index in [1.807, 2.05) is 47.9 Å². The minimum Gasteiger partial charge on any atom is -0.494 e. The maximum Gasteiger partial charge on any atom is 0.260 e.